The average molecular weight is 639 g/mol. The lowest BCUT2D eigenvalue weighted by atomic mass is 10.0. The Labute approximate surface area is 257 Å². The van der Waals surface area contributed by atoms with Crippen molar-refractivity contribution in [3.8, 4) is 0 Å². The van der Waals surface area contributed by atoms with E-state index in [1.165, 1.54) is 9.21 Å². The van der Waals surface area contributed by atoms with Gasteiger partial charge in [-0.25, -0.2) is 8.42 Å². The molecule has 0 aliphatic rings. The third kappa shape index (κ3) is 9.92. The van der Waals surface area contributed by atoms with Gasteiger partial charge < -0.3 is 10.2 Å². The van der Waals surface area contributed by atoms with Gasteiger partial charge >= 0.3 is 0 Å². The minimum absolute atomic E-state index is 0.0111. The molecule has 220 valence electrons. The second-order valence-corrected chi connectivity index (χ2v) is 12.9. The van der Waals surface area contributed by atoms with Gasteiger partial charge in [0.05, 0.1) is 11.9 Å². The molecule has 41 heavy (non-hydrogen) atoms. The molecule has 0 saturated carbocycles. The third-order valence-electron chi connectivity index (χ3n) is 6.44. The minimum atomic E-state index is -3.62. The lowest BCUT2D eigenvalue weighted by Crippen LogP contribution is -2.50. The Hall–Kier alpha value is -2.78. The largest absolute Gasteiger partial charge is 0.354 e. The summed E-state index contributed by atoms with van der Waals surface area (Å²) < 4.78 is 26.3. The number of sulfonamides is 1. The summed E-state index contributed by atoms with van der Waals surface area (Å²) in [5, 5.41) is 4.26. The van der Waals surface area contributed by atoms with Crippen LogP contribution in [0, 0.1) is 0 Å². The summed E-state index contributed by atoms with van der Waals surface area (Å²) >= 11 is 18.5. The number of benzene rings is 3. The van der Waals surface area contributed by atoms with Crippen molar-refractivity contribution in [2.24, 2.45) is 0 Å². The van der Waals surface area contributed by atoms with Gasteiger partial charge in [0.15, 0.2) is 0 Å². The van der Waals surface area contributed by atoms with E-state index < -0.39 is 16.1 Å². The molecule has 0 fully saturated rings. The molecule has 0 heterocycles. The van der Waals surface area contributed by atoms with Crippen molar-refractivity contribution in [3.05, 3.63) is 99.0 Å². The van der Waals surface area contributed by atoms with Crippen LogP contribution in [0.2, 0.25) is 15.1 Å². The summed E-state index contributed by atoms with van der Waals surface area (Å²) in [5.74, 6) is -0.568. The van der Waals surface area contributed by atoms with Gasteiger partial charge in [-0.15, -0.1) is 0 Å². The van der Waals surface area contributed by atoms with Crippen LogP contribution in [0.5, 0.6) is 0 Å². The molecule has 2 amide bonds. The smallest absolute Gasteiger partial charge is 0.243 e. The van der Waals surface area contributed by atoms with Crippen LogP contribution in [0.15, 0.2) is 72.8 Å². The Morgan fingerprint density at radius 2 is 1.59 bits per heavy atom. The van der Waals surface area contributed by atoms with Gasteiger partial charge in [-0.1, -0.05) is 78.1 Å². The second kappa shape index (κ2) is 15.4. The third-order valence-corrected chi connectivity index (χ3v) is 8.48. The van der Waals surface area contributed by atoms with Crippen molar-refractivity contribution in [3.63, 3.8) is 0 Å². The van der Waals surface area contributed by atoms with Crippen molar-refractivity contribution >= 4 is 62.3 Å². The maximum absolute atomic E-state index is 13.8. The molecular formula is C30H34Cl3N3O4S. The summed E-state index contributed by atoms with van der Waals surface area (Å²) in [6.07, 6.45) is 2.40. The molecule has 0 radical (unpaired) electrons. The van der Waals surface area contributed by atoms with Crippen LogP contribution < -0.4 is 9.62 Å². The van der Waals surface area contributed by atoms with E-state index in [0.29, 0.717) is 39.3 Å². The Bertz CT molecular complexity index is 1420. The number of nitrogens with one attached hydrogen (secondary N) is 1. The van der Waals surface area contributed by atoms with Gasteiger partial charge in [0.25, 0.3) is 0 Å². The van der Waals surface area contributed by atoms with Gasteiger partial charge in [0.2, 0.25) is 21.8 Å². The van der Waals surface area contributed by atoms with Crippen molar-refractivity contribution in [2.75, 3.05) is 23.7 Å². The Morgan fingerprint density at radius 3 is 2.20 bits per heavy atom. The molecule has 3 aromatic carbocycles. The maximum Gasteiger partial charge on any atom is 0.243 e. The molecule has 3 rings (SSSR count). The van der Waals surface area contributed by atoms with Gasteiger partial charge in [0.1, 0.15) is 6.04 Å². The van der Waals surface area contributed by atoms with E-state index in [1.807, 2.05) is 37.3 Å². The fraction of sp³-hybridized carbons (Fsp3) is 0.333. The molecule has 1 atom stereocenters. The molecule has 0 spiro atoms. The summed E-state index contributed by atoms with van der Waals surface area (Å²) in [6.45, 7) is 2.58. The molecule has 0 aliphatic carbocycles. The summed E-state index contributed by atoms with van der Waals surface area (Å²) in [5.41, 5.74) is 2.00. The molecule has 7 nitrogen and oxygen atoms in total. The topological polar surface area (TPSA) is 86.8 Å². The van der Waals surface area contributed by atoms with Crippen LogP contribution in [0.1, 0.15) is 37.3 Å². The van der Waals surface area contributed by atoms with Gasteiger partial charge in [-0.3, -0.25) is 13.9 Å². The highest BCUT2D eigenvalue weighted by atomic mass is 35.5. The predicted molar refractivity (Wildman–Crippen MR) is 167 cm³/mol. The van der Waals surface area contributed by atoms with E-state index in [2.05, 4.69) is 5.32 Å². The van der Waals surface area contributed by atoms with E-state index >= 15 is 0 Å². The zero-order valence-electron chi connectivity index (χ0n) is 23.0. The number of hydrogen-bond donors (Lipinski definition) is 1. The molecule has 1 N–H and O–H groups in total. The Kier molecular flexibility index (Phi) is 12.3. The number of amides is 2. The monoisotopic (exact) mass is 637 g/mol. The zero-order chi connectivity index (χ0) is 30.0. The van der Waals surface area contributed by atoms with E-state index in [4.69, 9.17) is 34.8 Å². The fourth-order valence-corrected chi connectivity index (χ4v) is 5.92. The van der Waals surface area contributed by atoms with Crippen molar-refractivity contribution < 1.29 is 18.0 Å². The molecule has 0 aliphatic heterocycles. The number of halogens is 3. The van der Waals surface area contributed by atoms with E-state index in [-0.39, 0.29) is 37.7 Å². The molecule has 0 bridgehead atoms. The summed E-state index contributed by atoms with van der Waals surface area (Å²) in [6, 6.07) is 20.1. The zero-order valence-corrected chi connectivity index (χ0v) is 26.1. The quantitative estimate of drug-likeness (QED) is 0.223. The average Bonchev–Trinajstić information content (AvgIpc) is 2.93. The normalized spacial score (nSPS) is 12.0. The van der Waals surface area contributed by atoms with Crippen LogP contribution in [-0.2, 0) is 32.6 Å². The molecular weight excluding hydrogens is 605 g/mol. The minimum Gasteiger partial charge on any atom is -0.354 e. The van der Waals surface area contributed by atoms with Crippen molar-refractivity contribution in [1.82, 2.24) is 10.2 Å². The first-order valence-corrected chi connectivity index (χ1v) is 16.3. The lowest BCUT2D eigenvalue weighted by molar-refractivity contribution is -0.141. The number of carbonyl (C=O) groups excluding carboxylic acids is 2. The van der Waals surface area contributed by atoms with Gasteiger partial charge in [0, 0.05) is 47.5 Å². The number of hydrogen-bond acceptors (Lipinski definition) is 4. The Morgan fingerprint density at radius 1 is 0.927 bits per heavy atom. The fourth-order valence-electron chi connectivity index (χ4n) is 4.36. The van der Waals surface area contributed by atoms with Crippen LogP contribution in [0.4, 0.5) is 5.69 Å². The predicted octanol–water partition coefficient (Wildman–Crippen LogP) is 6.36. The Balaban J connectivity index is 1.89. The molecule has 0 saturated heterocycles. The second-order valence-electron chi connectivity index (χ2n) is 9.67. The lowest BCUT2D eigenvalue weighted by Gasteiger charge is -2.32. The number of rotatable bonds is 14. The molecule has 3 aromatic rings. The number of carbonyl (C=O) groups is 2. The summed E-state index contributed by atoms with van der Waals surface area (Å²) in [7, 11) is -3.62. The van der Waals surface area contributed by atoms with Crippen molar-refractivity contribution in [2.45, 2.75) is 45.2 Å². The molecule has 0 aromatic heterocycles. The molecule has 11 heteroatoms. The van der Waals surface area contributed by atoms with Crippen LogP contribution >= 0.6 is 34.8 Å². The number of nitrogens with zero attached hydrogens (tertiary/aromatic N) is 2. The highest BCUT2D eigenvalue weighted by molar-refractivity contribution is 7.92. The SMILES string of the molecule is CCCNC(=O)C(Cc1ccccc1)N(Cc1ccc(Cl)cc1Cl)C(=O)CCCN(c1ccc(Cl)cc1)S(C)(=O)=O. The molecule has 1 unspecified atom stereocenters. The highest BCUT2D eigenvalue weighted by Gasteiger charge is 2.31. The maximum atomic E-state index is 13.8. The van der Waals surface area contributed by atoms with Crippen LogP contribution in [-0.4, -0.2) is 50.5 Å². The van der Waals surface area contributed by atoms with Gasteiger partial charge in [-0.05, 0) is 60.4 Å². The van der Waals surface area contributed by atoms with E-state index in [9.17, 15) is 18.0 Å². The van der Waals surface area contributed by atoms with Crippen molar-refractivity contribution in [1.29, 1.82) is 0 Å². The van der Waals surface area contributed by atoms with E-state index in [0.717, 1.165) is 18.2 Å². The first-order valence-electron chi connectivity index (χ1n) is 13.3. The van der Waals surface area contributed by atoms with Gasteiger partial charge in [-0.2, -0.15) is 0 Å². The first kappa shape index (κ1) is 32.7. The summed E-state index contributed by atoms with van der Waals surface area (Å²) in [4.78, 5) is 28.8. The van der Waals surface area contributed by atoms with Crippen LogP contribution in [0.3, 0.4) is 0 Å². The van der Waals surface area contributed by atoms with Crippen LogP contribution in [0.25, 0.3) is 0 Å². The van der Waals surface area contributed by atoms with E-state index in [1.54, 1.807) is 42.5 Å². The first-order chi connectivity index (χ1) is 19.5. The number of anilines is 1. The standard InChI is InChI=1S/C30H34Cl3N3O4S/c1-3-17-34-30(38)28(19-22-8-5-4-6-9-22)35(21-23-11-12-25(32)20-27(23)33)29(37)10-7-18-36(41(2,39)40)26-15-13-24(31)14-16-26/h4-6,8-9,11-16,20,28H,3,7,10,17-19,21H2,1-2H3,(H,34,38). The highest BCUT2D eigenvalue weighted by Crippen LogP contribution is 2.25.